The van der Waals surface area contributed by atoms with Gasteiger partial charge in [0.15, 0.2) is 0 Å². The summed E-state index contributed by atoms with van der Waals surface area (Å²) < 4.78 is 5.04. The van der Waals surface area contributed by atoms with Crippen LogP contribution in [0, 0.1) is 17.2 Å². The second-order valence-corrected chi connectivity index (χ2v) is 7.18. The van der Waals surface area contributed by atoms with Crippen molar-refractivity contribution in [2.45, 2.75) is 31.6 Å². The van der Waals surface area contributed by atoms with E-state index in [-0.39, 0.29) is 11.4 Å². The van der Waals surface area contributed by atoms with Gasteiger partial charge >= 0.3 is 5.97 Å². The Kier molecular flexibility index (Phi) is 5.50. The number of carbonyl (C=O) groups excluding carboxylic acids is 1. The fraction of sp³-hybridized carbons (Fsp3) is 0.600. The van der Waals surface area contributed by atoms with Gasteiger partial charge in [-0.25, -0.2) is 0 Å². The molecule has 1 atom stereocenters. The van der Waals surface area contributed by atoms with Crippen molar-refractivity contribution in [1.82, 2.24) is 0 Å². The molecule has 1 aliphatic rings. The molecule has 1 aliphatic heterocycles. The van der Waals surface area contributed by atoms with Crippen LogP contribution in [0.15, 0.2) is 17.5 Å². The third-order valence-corrected chi connectivity index (χ3v) is 5.92. The van der Waals surface area contributed by atoms with Gasteiger partial charge in [-0.1, -0.05) is 6.07 Å². The summed E-state index contributed by atoms with van der Waals surface area (Å²) in [6.07, 6.45) is 2.66. The van der Waals surface area contributed by atoms with Crippen LogP contribution in [0.2, 0.25) is 0 Å². The highest BCUT2D eigenvalue weighted by molar-refractivity contribution is 7.99. The van der Waals surface area contributed by atoms with Gasteiger partial charge in [0.1, 0.15) is 5.92 Å². The van der Waals surface area contributed by atoms with Crippen LogP contribution >= 0.6 is 23.1 Å². The van der Waals surface area contributed by atoms with Gasteiger partial charge in [0, 0.05) is 10.3 Å². The molecule has 0 radical (unpaired) electrons. The van der Waals surface area contributed by atoms with Crippen LogP contribution in [0.1, 0.15) is 31.1 Å². The standard InChI is InChI=1S/C15H19NO2S2/c1-2-18-14(17)12(11-16)10-15(5-8-19-9-6-15)13-4-3-7-20-13/h3-4,7,12H,2,5-6,8-10H2,1H3. The van der Waals surface area contributed by atoms with E-state index in [2.05, 4.69) is 23.6 Å². The molecule has 0 bridgehead atoms. The number of rotatable bonds is 5. The summed E-state index contributed by atoms with van der Waals surface area (Å²) in [4.78, 5) is 13.2. The maximum atomic E-state index is 11.9. The van der Waals surface area contributed by atoms with Gasteiger partial charge in [-0.05, 0) is 49.1 Å². The van der Waals surface area contributed by atoms with E-state index in [4.69, 9.17) is 4.74 Å². The summed E-state index contributed by atoms with van der Waals surface area (Å²) in [6.45, 7) is 2.11. The highest BCUT2D eigenvalue weighted by atomic mass is 32.2. The fourth-order valence-corrected chi connectivity index (χ4v) is 4.98. The molecule has 1 saturated heterocycles. The molecule has 5 heteroatoms. The average Bonchev–Trinajstić information content (AvgIpc) is 3.01. The second-order valence-electron chi connectivity index (χ2n) is 5.01. The molecule has 1 aromatic heterocycles. The van der Waals surface area contributed by atoms with Crippen molar-refractivity contribution in [2.75, 3.05) is 18.1 Å². The fourth-order valence-electron chi connectivity index (χ4n) is 2.71. The van der Waals surface area contributed by atoms with Crippen molar-refractivity contribution in [3.8, 4) is 6.07 Å². The normalized spacial score (nSPS) is 19.0. The minimum absolute atomic E-state index is 0.0213. The monoisotopic (exact) mass is 309 g/mol. The van der Waals surface area contributed by atoms with E-state index >= 15 is 0 Å². The molecule has 0 amide bonds. The molecule has 20 heavy (non-hydrogen) atoms. The van der Waals surface area contributed by atoms with E-state index in [1.165, 1.54) is 4.88 Å². The van der Waals surface area contributed by atoms with E-state index in [1.807, 2.05) is 11.8 Å². The molecule has 1 fully saturated rings. The Labute approximate surface area is 128 Å². The Balaban J connectivity index is 2.20. The Morgan fingerprint density at radius 1 is 1.55 bits per heavy atom. The molecule has 1 unspecified atom stereocenters. The van der Waals surface area contributed by atoms with Crippen LogP contribution in [-0.4, -0.2) is 24.1 Å². The first kappa shape index (κ1) is 15.4. The number of esters is 1. The first-order valence-electron chi connectivity index (χ1n) is 6.90. The zero-order chi connectivity index (χ0) is 14.4. The van der Waals surface area contributed by atoms with Crippen LogP contribution < -0.4 is 0 Å². The Morgan fingerprint density at radius 2 is 2.30 bits per heavy atom. The molecule has 2 rings (SSSR count). The third kappa shape index (κ3) is 3.36. The molecule has 0 saturated carbocycles. The molecule has 2 heterocycles. The maximum Gasteiger partial charge on any atom is 0.323 e. The van der Waals surface area contributed by atoms with E-state index < -0.39 is 5.92 Å². The van der Waals surface area contributed by atoms with Gasteiger partial charge < -0.3 is 4.74 Å². The summed E-state index contributed by atoms with van der Waals surface area (Å²) in [7, 11) is 0. The molecule has 0 spiro atoms. The van der Waals surface area contributed by atoms with Crippen LogP contribution in [-0.2, 0) is 14.9 Å². The van der Waals surface area contributed by atoms with Crippen molar-refractivity contribution in [2.24, 2.45) is 5.92 Å². The number of hydrogen-bond donors (Lipinski definition) is 0. The van der Waals surface area contributed by atoms with E-state index in [0.717, 1.165) is 24.3 Å². The van der Waals surface area contributed by atoms with Gasteiger partial charge in [-0.3, -0.25) is 4.79 Å². The lowest BCUT2D eigenvalue weighted by atomic mass is 9.73. The lowest BCUT2D eigenvalue weighted by Gasteiger charge is -2.37. The third-order valence-electron chi connectivity index (χ3n) is 3.82. The zero-order valence-corrected chi connectivity index (χ0v) is 13.3. The van der Waals surface area contributed by atoms with E-state index in [9.17, 15) is 10.1 Å². The quantitative estimate of drug-likeness (QED) is 0.780. The van der Waals surface area contributed by atoms with Crippen LogP contribution in [0.5, 0.6) is 0 Å². The van der Waals surface area contributed by atoms with Crippen molar-refractivity contribution in [3.63, 3.8) is 0 Å². The van der Waals surface area contributed by atoms with Gasteiger partial charge in [-0.15, -0.1) is 11.3 Å². The lowest BCUT2D eigenvalue weighted by Crippen LogP contribution is -2.34. The molecule has 108 valence electrons. The predicted octanol–water partition coefficient (Wildman–Crippen LogP) is 3.61. The van der Waals surface area contributed by atoms with Crippen molar-refractivity contribution < 1.29 is 9.53 Å². The van der Waals surface area contributed by atoms with E-state index in [1.54, 1.807) is 18.3 Å². The van der Waals surface area contributed by atoms with Gasteiger partial charge in [0.25, 0.3) is 0 Å². The predicted molar refractivity (Wildman–Crippen MR) is 82.9 cm³/mol. The number of thioether (sulfide) groups is 1. The topological polar surface area (TPSA) is 50.1 Å². The number of nitrogens with zero attached hydrogens (tertiary/aromatic N) is 1. The Bertz CT molecular complexity index is 473. The van der Waals surface area contributed by atoms with E-state index in [0.29, 0.717) is 13.0 Å². The smallest absolute Gasteiger partial charge is 0.323 e. The SMILES string of the molecule is CCOC(=O)C(C#N)CC1(c2cccs2)CCSCC1. The Morgan fingerprint density at radius 3 is 2.85 bits per heavy atom. The summed E-state index contributed by atoms with van der Waals surface area (Å²) in [6, 6.07) is 6.33. The Hall–Kier alpha value is -0.990. The molecule has 0 N–H and O–H groups in total. The first-order chi connectivity index (χ1) is 9.72. The van der Waals surface area contributed by atoms with Gasteiger partial charge in [0.05, 0.1) is 12.7 Å². The van der Waals surface area contributed by atoms with Crippen LogP contribution in [0.3, 0.4) is 0 Å². The number of ether oxygens (including phenoxy) is 1. The number of hydrogen-bond acceptors (Lipinski definition) is 5. The molecule has 1 aromatic rings. The summed E-state index contributed by atoms with van der Waals surface area (Å²) in [5.74, 6) is 1.17. The molecular formula is C15H19NO2S2. The van der Waals surface area contributed by atoms with Gasteiger partial charge in [-0.2, -0.15) is 17.0 Å². The maximum absolute atomic E-state index is 11.9. The highest BCUT2D eigenvalue weighted by Crippen LogP contribution is 2.44. The largest absolute Gasteiger partial charge is 0.465 e. The van der Waals surface area contributed by atoms with Crippen LogP contribution in [0.4, 0.5) is 0 Å². The number of nitriles is 1. The number of carbonyl (C=O) groups is 1. The molecule has 0 aromatic carbocycles. The first-order valence-corrected chi connectivity index (χ1v) is 8.93. The highest BCUT2D eigenvalue weighted by Gasteiger charge is 2.39. The molecular weight excluding hydrogens is 290 g/mol. The van der Waals surface area contributed by atoms with Crippen molar-refractivity contribution in [3.05, 3.63) is 22.4 Å². The second kappa shape index (κ2) is 7.14. The minimum Gasteiger partial charge on any atom is -0.465 e. The number of thiophene rings is 1. The zero-order valence-electron chi connectivity index (χ0n) is 11.6. The van der Waals surface area contributed by atoms with Crippen molar-refractivity contribution in [1.29, 1.82) is 5.26 Å². The summed E-state index contributed by atoms with van der Waals surface area (Å²) in [5.41, 5.74) is -0.0213. The summed E-state index contributed by atoms with van der Waals surface area (Å²) in [5, 5.41) is 11.4. The average molecular weight is 309 g/mol. The van der Waals surface area contributed by atoms with Gasteiger partial charge in [0.2, 0.25) is 0 Å². The minimum atomic E-state index is -0.653. The van der Waals surface area contributed by atoms with Crippen molar-refractivity contribution >= 4 is 29.1 Å². The summed E-state index contributed by atoms with van der Waals surface area (Å²) >= 11 is 3.69. The molecule has 3 nitrogen and oxygen atoms in total. The lowest BCUT2D eigenvalue weighted by molar-refractivity contribution is -0.146. The van der Waals surface area contributed by atoms with Crippen LogP contribution in [0.25, 0.3) is 0 Å². The molecule has 0 aliphatic carbocycles.